The first kappa shape index (κ1) is 22.1. The highest BCUT2D eigenvalue weighted by molar-refractivity contribution is 7.17. The van der Waals surface area contributed by atoms with Crippen molar-refractivity contribution in [2.45, 2.75) is 39.7 Å². The van der Waals surface area contributed by atoms with Crippen molar-refractivity contribution in [1.29, 1.82) is 0 Å². The van der Waals surface area contributed by atoms with Crippen molar-refractivity contribution in [2.75, 3.05) is 19.7 Å². The molecule has 8 heteroatoms. The van der Waals surface area contributed by atoms with E-state index in [4.69, 9.17) is 9.15 Å². The molecule has 168 valence electrons. The molecule has 3 aromatic rings. The third-order valence-corrected chi connectivity index (χ3v) is 6.65. The van der Waals surface area contributed by atoms with Gasteiger partial charge in [-0.2, -0.15) is 0 Å². The molecule has 0 spiro atoms. The molecule has 0 atom stereocenters. The lowest BCUT2D eigenvalue weighted by molar-refractivity contribution is 0.0698. The second kappa shape index (κ2) is 9.56. The minimum Gasteiger partial charge on any atom is -0.494 e. The topological polar surface area (TPSA) is 84.7 Å². The average molecular weight is 454 g/mol. The van der Waals surface area contributed by atoms with Crippen LogP contribution in [0.1, 0.15) is 51.2 Å². The van der Waals surface area contributed by atoms with Crippen molar-refractivity contribution in [3.05, 3.63) is 58.3 Å². The highest BCUT2D eigenvalue weighted by atomic mass is 32.1. The van der Waals surface area contributed by atoms with Crippen LogP contribution in [0.25, 0.3) is 10.8 Å². The van der Waals surface area contributed by atoms with Gasteiger partial charge < -0.3 is 19.4 Å². The Hall–Kier alpha value is -3.13. The van der Waals surface area contributed by atoms with E-state index in [0.29, 0.717) is 46.6 Å². The molecule has 1 fully saturated rings. The highest BCUT2D eigenvalue weighted by Crippen LogP contribution is 2.29. The zero-order valence-electron chi connectivity index (χ0n) is 18.5. The number of nitrogens with zero attached hydrogens (tertiary/aromatic N) is 2. The lowest BCUT2D eigenvalue weighted by Crippen LogP contribution is -2.46. The number of thiazole rings is 1. The van der Waals surface area contributed by atoms with E-state index in [9.17, 15) is 9.59 Å². The van der Waals surface area contributed by atoms with Gasteiger partial charge in [0.25, 0.3) is 11.8 Å². The van der Waals surface area contributed by atoms with Gasteiger partial charge in [-0.25, -0.2) is 4.98 Å². The highest BCUT2D eigenvalue weighted by Gasteiger charge is 2.26. The third kappa shape index (κ3) is 4.85. The number of aromatic nitrogens is 1. The number of hydrogen-bond acceptors (Lipinski definition) is 6. The van der Waals surface area contributed by atoms with Gasteiger partial charge in [0.05, 0.1) is 12.3 Å². The largest absolute Gasteiger partial charge is 0.494 e. The number of amides is 2. The Kier molecular flexibility index (Phi) is 6.60. The van der Waals surface area contributed by atoms with Crippen LogP contribution in [0.4, 0.5) is 0 Å². The maximum Gasteiger partial charge on any atom is 0.263 e. The number of nitrogens with one attached hydrogen (secondary N) is 1. The molecule has 0 bridgehead atoms. The second-order valence-corrected chi connectivity index (χ2v) is 8.84. The fraction of sp³-hybridized carbons (Fsp3) is 0.375. The van der Waals surface area contributed by atoms with Gasteiger partial charge in [0, 0.05) is 24.7 Å². The second-order valence-electron chi connectivity index (χ2n) is 7.84. The van der Waals surface area contributed by atoms with Gasteiger partial charge >= 0.3 is 0 Å². The van der Waals surface area contributed by atoms with Gasteiger partial charge in [0.2, 0.25) is 0 Å². The van der Waals surface area contributed by atoms with Crippen LogP contribution in [0.5, 0.6) is 5.75 Å². The van der Waals surface area contributed by atoms with Crippen LogP contribution in [-0.4, -0.2) is 47.4 Å². The van der Waals surface area contributed by atoms with Gasteiger partial charge in [-0.15, -0.1) is 11.3 Å². The van der Waals surface area contributed by atoms with E-state index in [1.54, 1.807) is 12.1 Å². The Morgan fingerprint density at radius 1 is 1.16 bits per heavy atom. The van der Waals surface area contributed by atoms with Gasteiger partial charge in [-0.05, 0) is 70.0 Å². The number of likely N-dealkylation sites (tertiary alicyclic amines) is 1. The summed E-state index contributed by atoms with van der Waals surface area (Å²) in [7, 11) is 0. The van der Waals surface area contributed by atoms with Crippen LogP contribution < -0.4 is 10.1 Å². The molecule has 1 N–H and O–H groups in total. The number of benzene rings is 1. The van der Waals surface area contributed by atoms with Crippen molar-refractivity contribution >= 4 is 23.2 Å². The number of carbonyl (C=O) groups is 2. The van der Waals surface area contributed by atoms with Crippen molar-refractivity contribution in [2.24, 2.45) is 0 Å². The summed E-state index contributed by atoms with van der Waals surface area (Å²) in [6, 6.07) is 11.0. The van der Waals surface area contributed by atoms with Crippen molar-refractivity contribution in [3.8, 4) is 16.5 Å². The molecule has 1 saturated heterocycles. The van der Waals surface area contributed by atoms with Crippen LogP contribution >= 0.6 is 11.3 Å². The van der Waals surface area contributed by atoms with E-state index in [1.165, 1.54) is 11.3 Å². The summed E-state index contributed by atoms with van der Waals surface area (Å²) in [4.78, 5) is 32.6. The van der Waals surface area contributed by atoms with E-state index >= 15 is 0 Å². The van der Waals surface area contributed by atoms with Gasteiger partial charge in [0.1, 0.15) is 16.4 Å². The molecule has 32 heavy (non-hydrogen) atoms. The van der Waals surface area contributed by atoms with Gasteiger partial charge in [-0.3, -0.25) is 9.59 Å². The molecule has 1 aliphatic heterocycles. The Morgan fingerprint density at radius 2 is 1.88 bits per heavy atom. The molecule has 2 aromatic heterocycles. The Labute approximate surface area is 191 Å². The van der Waals surface area contributed by atoms with E-state index in [-0.39, 0.29) is 17.9 Å². The summed E-state index contributed by atoms with van der Waals surface area (Å²) in [6.07, 6.45) is 1.44. The van der Waals surface area contributed by atoms with Crippen LogP contribution in [0.15, 0.2) is 40.8 Å². The molecule has 7 nitrogen and oxygen atoms in total. The minimum absolute atomic E-state index is 0.00880. The summed E-state index contributed by atoms with van der Waals surface area (Å²) in [5, 5.41) is 3.82. The first-order valence-corrected chi connectivity index (χ1v) is 11.6. The molecule has 3 heterocycles. The predicted molar refractivity (Wildman–Crippen MR) is 123 cm³/mol. The number of rotatable bonds is 6. The van der Waals surface area contributed by atoms with Crippen molar-refractivity contribution in [1.82, 2.24) is 15.2 Å². The maximum atomic E-state index is 12.8. The van der Waals surface area contributed by atoms with E-state index in [1.807, 2.05) is 49.9 Å². The lowest BCUT2D eigenvalue weighted by Gasteiger charge is -2.32. The minimum atomic E-state index is -0.120. The summed E-state index contributed by atoms with van der Waals surface area (Å²) in [5.74, 6) is 2.13. The normalized spacial score (nSPS) is 14.4. The standard InChI is InChI=1S/C24H27N3O4S/c1-4-30-19-8-6-17(7-9-19)24(29)27-13-11-18(12-14-27)26-22(28)21-16(3)25-23(32-21)20-10-5-15(2)31-20/h5-10,18H,4,11-14H2,1-3H3,(H,26,28). The van der Waals surface area contributed by atoms with E-state index in [0.717, 1.165) is 24.4 Å². The summed E-state index contributed by atoms with van der Waals surface area (Å²) in [6.45, 7) is 7.45. The zero-order valence-corrected chi connectivity index (χ0v) is 19.3. The van der Waals surface area contributed by atoms with E-state index < -0.39 is 0 Å². The molecule has 1 aromatic carbocycles. The predicted octanol–water partition coefficient (Wildman–Crippen LogP) is 4.45. The fourth-order valence-electron chi connectivity index (χ4n) is 3.78. The number of carbonyl (C=O) groups excluding carboxylic acids is 2. The van der Waals surface area contributed by atoms with Crippen LogP contribution in [0.3, 0.4) is 0 Å². The molecule has 2 amide bonds. The fourth-order valence-corrected chi connectivity index (χ4v) is 4.71. The SMILES string of the molecule is CCOc1ccc(C(=O)N2CCC(NC(=O)c3sc(-c4ccc(C)o4)nc3C)CC2)cc1. The van der Waals surface area contributed by atoms with Crippen LogP contribution in [0, 0.1) is 13.8 Å². The Morgan fingerprint density at radius 3 is 2.50 bits per heavy atom. The monoisotopic (exact) mass is 453 g/mol. The Balaban J connectivity index is 1.32. The maximum absolute atomic E-state index is 12.8. The molecule has 1 aliphatic rings. The molecule has 0 saturated carbocycles. The number of piperidine rings is 1. The summed E-state index contributed by atoms with van der Waals surface area (Å²) in [5.41, 5.74) is 1.34. The number of furan rings is 1. The average Bonchev–Trinajstić information content (AvgIpc) is 3.40. The van der Waals surface area contributed by atoms with E-state index in [2.05, 4.69) is 10.3 Å². The quantitative estimate of drug-likeness (QED) is 0.596. The first-order chi connectivity index (χ1) is 15.4. The lowest BCUT2D eigenvalue weighted by atomic mass is 10.0. The first-order valence-electron chi connectivity index (χ1n) is 10.8. The van der Waals surface area contributed by atoms with Gasteiger partial charge in [-0.1, -0.05) is 0 Å². The molecule has 0 aliphatic carbocycles. The van der Waals surface area contributed by atoms with Crippen LogP contribution in [0.2, 0.25) is 0 Å². The Bertz CT molecular complexity index is 1090. The molecular formula is C24H27N3O4S. The number of aryl methyl sites for hydroxylation is 2. The van der Waals surface area contributed by atoms with Crippen molar-refractivity contribution < 1.29 is 18.7 Å². The zero-order chi connectivity index (χ0) is 22.7. The third-order valence-electron chi connectivity index (χ3n) is 5.48. The van der Waals surface area contributed by atoms with Crippen molar-refractivity contribution in [3.63, 3.8) is 0 Å². The summed E-state index contributed by atoms with van der Waals surface area (Å²) >= 11 is 1.34. The molecule has 4 rings (SSSR count). The van der Waals surface area contributed by atoms with Crippen LogP contribution in [-0.2, 0) is 0 Å². The molecule has 0 unspecified atom stereocenters. The number of ether oxygens (including phenoxy) is 1. The number of hydrogen-bond donors (Lipinski definition) is 1. The molecule has 0 radical (unpaired) electrons. The smallest absolute Gasteiger partial charge is 0.263 e. The molecular weight excluding hydrogens is 426 g/mol. The summed E-state index contributed by atoms with van der Waals surface area (Å²) < 4.78 is 11.1. The van der Waals surface area contributed by atoms with Gasteiger partial charge in [0.15, 0.2) is 10.8 Å².